The van der Waals surface area contributed by atoms with Crippen molar-refractivity contribution >= 4 is 5.91 Å². The van der Waals surface area contributed by atoms with Crippen LogP contribution in [0.4, 0.5) is 26.3 Å². The Balaban J connectivity index is 1.13. The zero-order valence-corrected chi connectivity index (χ0v) is 19.8. The lowest BCUT2D eigenvalue weighted by Gasteiger charge is -2.70. The Labute approximate surface area is 211 Å². The van der Waals surface area contributed by atoms with Crippen LogP contribution in [0.3, 0.4) is 0 Å². The van der Waals surface area contributed by atoms with Crippen molar-refractivity contribution in [2.75, 3.05) is 6.61 Å². The Morgan fingerprint density at radius 1 is 1.21 bits per heavy atom. The van der Waals surface area contributed by atoms with Gasteiger partial charge in [-0.25, -0.2) is 0 Å². The van der Waals surface area contributed by atoms with E-state index in [2.05, 4.69) is 19.9 Å². The van der Waals surface area contributed by atoms with Gasteiger partial charge in [0.1, 0.15) is 17.6 Å². The molecular formula is C23H23F6N3O6. The Morgan fingerprint density at radius 2 is 1.92 bits per heavy atom. The lowest BCUT2D eigenvalue weighted by molar-refractivity contribution is -0.329. The standard InChI is InChI=1S/C23H23F6N3O6/c1-12(8-35-22(24,25)26)36-14-6-30-32(7-14)21-9-20(10-21,11-21)31-19(34)18-5-16(33)15-4-13(38-23(27,28)29)2-3-17(15)37-18/h2-4,6-7,12,16,18,33H,5,8-11H2,1H3,(H,31,34)/t12-,16+,18+,20?,21?/m0/s1. The Kier molecular flexibility index (Phi) is 6.21. The fourth-order valence-corrected chi connectivity index (χ4v) is 5.34. The van der Waals surface area contributed by atoms with Gasteiger partial charge in [-0.15, -0.1) is 26.3 Å². The minimum absolute atomic E-state index is 0.0893. The van der Waals surface area contributed by atoms with Crippen molar-refractivity contribution in [2.45, 2.75) is 74.7 Å². The molecular weight excluding hydrogens is 528 g/mol. The first-order valence-corrected chi connectivity index (χ1v) is 11.6. The number of carbonyl (C=O) groups excluding carboxylic acids is 1. The summed E-state index contributed by atoms with van der Waals surface area (Å²) in [5, 5.41) is 17.6. The minimum atomic E-state index is -4.88. The van der Waals surface area contributed by atoms with Gasteiger partial charge in [0.15, 0.2) is 11.9 Å². The second-order valence-electron chi connectivity index (χ2n) is 9.94. The summed E-state index contributed by atoms with van der Waals surface area (Å²) in [4.78, 5) is 12.9. The molecule has 1 aliphatic heterocycles. The van der Waals surface area contributed by atoms with E-state index in [9.17, 15) is 36.2 Å². The van der Waals surface area contributed by atoms with E-state index < -0.39 is 54.8 Å². The van der Waals surface area contributed by atoms with Gasteiger partial charge < -0.3 is 24.6 Å². The van der Waals surface area contributed by atoms with Crippen LogP contribution in [0.5, 0.6) is 17.2 Å². The molecule has 0 spiro atoms. The summed E-state index contributed by atoms with van der Waals surface area (Å²) in [7, 11) is 0. The van der Waals surface area contributed by atoms with Crippen LogP contribution in [0.1, 0.15) is 44.3 Å². The molecule has 1 aromatic heterocycles. The number of halogens is 6. The molecule has 2 N–H and O–H groups in total. The van der Waals surface area contributed by atoms with Gasteiger partial charge in [-0.2, -0.15) is 5.10 Å². The average Bonchev–Trinajstić information content (AvgIpc) is 3.20. The molecule has 0 unspecified atom stereocenters. The fourth-order valence-electron chi connectivity index (χ4n) is 5.34. The van der Waals surface area contributed by atoms with Gasteiger partial charge in [-0.05, 0) is 44.4 Å². The maximum absolute atomic E-state index is 12.9. The number of rotatable bonds is 8. The summed E-state index contributed by atoms with van der Waals surface area (Å²) in [6.07, 6.45) is -8.23. The first-order chi connectivity index (χ1) is 17.6. The van der Waals surface area contributed by atoms with Crippen molar-refractivity contribution in [3.05, 3.63) is 36.2 Å². The van der Waals surface area contributed by atoms with Crippen LogP contribution in [0.2, 0.25) is 0 Å². The molecule has 38 heavy (non-hydrogen) atoms. The number of hydrogen-bond acceptors (Lipinski definition) is 7. The van der Waals surface area contributed by atoms with Crippen molar-refractivity contribution in [1.29, 1.82) is 0 Å². The molecule has 1 amide bonds. The maximum Gasteiger partial charge on any atom is 0.573 e. The lowest BCUT2D eigenvalue weighted by atomic mass is 9.44. The van der Waals surface area contributed by atoms with E-state index in [0.29, 0.717) is 19.3 Å². The number of aromatic nitrogens is 2. The van der Waals surface area contributed by atoms with Gasteiger partial charge in [0.25, 0.3) is 5.91 Å². The number of amides is 1. The molecule has 2 aromatic rings. The molecule has 0 radical (unpaired) electrons. The van der Waals surface area contributed by atoms with Crippen molar-refractivity contribution in [3.63, 3.8) is 0 Å². The second-order valence-corrected chi connectivity index (χ2v) is 9.94. The van der Waals surface area contributed by atoms with Crippen LogP contribution in [-0.2, 0) is 15.1 Å². The normalized spacial score (nSPS) is 28.7. The summed E-state index contributed by atoms with van der Waals surface area (Å²) in [6.45, 7) is 0.770. The van der Waals surface area contributed by atoms with Crippen LogP contribution in [0.15, 0.2) is 30.6 Å². The molecule has 208 valence electrons. The average molecular weight is 551 g/mol. The number of nitrogens with one attached hydrogen (secondary N) is 1. The summed E-state index contributed by atoms with van der Waals surface area (Å²) < 4.78 is 94.3. The number of aliphatic hydroxyl groups is 1. The Hall–Kier alpha value is -3.20. The van der Waals surface area contributed by atoms with Gasteiger partial charge in [-0.3, -0.25) is 14.2 Å². The highest BCUT2D eigenvalue weighted by molar-refractivity contribution is 5.83. The molecule has 3 aliphatic carbocycles. The third-order valence-corrected chi connectivity index (χ3v) is 6.83. The van der Waals surface area contributed by atoms with E-state index in [1.807, 2.05) is 0 Å². The third-order valence-electron chi connectivity index (χ3n) is 6.83. The van der Waals surface area contributed by atoms with E-state index in [0.717, 1.165) is 12.1 Å². The second kappa shape index (κ2) is 8.93. The number of alkyl halides is 6. The van der Waals surface area contributed by atoms with Crippen molar-refractivity contribution in [1.82, 2.24) is 15.1 Å². The molecule has 3 atom stereocenters. The molecule has 6 rings (SSSR count). The zero-order chi connectivity index (χ0) is 27.5. The minimum Gasteiger partial charge on any atom is -0.485 e. The van der Waals surface area contributed by atoms with E-state index in [4.69, 9.17) is 9.47 Å². The van der Waals surface area contributed by atoms with Gasteiger partial charge in [0, 0.05) is 17.5 Å². The summed E-state index contributed by atoms with van der Waals surface area (Å²) in [5.74, 6) is -0.580. The largest absolute Gasteiger partial charge is 0.573 e. The van der Waals surface area contributed by atoms with E-state index in [-0.39, 0.29) is 29.0 Å². The van der Waals surface area contributed by atoms with Gasteiger partial charge in [-0.1, -0.05) is 0 Å². The SMILES string of the molecule is C[C@@H](COC(F)(F)F)Oc1cnn(C23CC(NC(=O)[C@H]4C[C@@H](O)c5cc(OC(F)(F)F)ccc5O4)(C2)C3)c1. The quantitative estimate of drug-likeness (QED) is 0.482. The molecule has 4 aliphatic rings. The highest BCUT2D eigenvalue weighted by atomic mass is 19.4. The number of nitrogens with zero attached hydrogens (tertiary/aromatic N) is 2. The molecule has 2 bridgehead atoms. The van der Waals surface area contributed by atoms with Crippen molar-refractivity contribution < 1.29 is 55.2 Å². The van der Waals surface area contributed by atoms with E-state index >= 15 is 0 Å². The molecule has 3 saturated carbocycles. The topological polar surface area (TPSA) is 104 Å². The first-order valence-electron chi connectivity index (χ1n) is 11.6. The van der Waals surface area contributed by atoms with Gasteiger partial charge in [0.2, 0.25) is 0 Å². The van der Waals surface area contributed by atoms with Gasteiger partial charge in [0.05, 0.1) is 30.6 Å². The predicted octanol–water partition coefficient (Wildman–Crippen LogP) is 3.72. The molecule has 9 nitrogen and oxygen atoms in total. The lowest BCUT2D eigenvalue weighted by Crippen LogP contribution is -2.79. The number of carbonyl (C=O) groups is 1. The fraction of sp³-hybridized carbons (Fsp3) is 0.565. The molecule has 15 heteroatoms. The van der Waals surface area contributed by atoms with Crippen LogP contribution >= 0.6 is 0 Å². The number of aliphatic hydroxyl groups excluding tert-OH is 1. The number of benzene rings is 1. The Bertz CT molecular complexity index is 1200. The number of ether oxygens (including phenoxy) is 4. The third kappa shape index (κ3) is 5.34. The number of fused-ring (bicyclic) bond motifs is 1. The van der Waals surface area contributed by atoms with Crippen LogP contribution in [0, 0.1) is 0 Å². The van der Waals surface area contributed by atoms with Crippen LogP contribution < -0.4 is 19.5 Å². The zero-order valence-electron chi connectivity index (χ0n) is 19.8. The number of hydrogen-bond donors (Lipinski definition) is 2. The summed E-state index contributed by atoms with van der Waals surface area (Å²) >= 11 is 0. The monoisotopic (exact) mass is 551 g/mol. The van der Waals surface area contributed by atoms with E-state index in [1.54, 1.807) is 10.9 Å². The summed E-state index contributed by atoms with van der Waals surface area (Å²) in [6, 6.07) is 3.28. The summed E-state index contributed by atoms with van der Waals surface area (Å²) in [5.41, 5.74) is -0.748. The molecule has 3 fully saturated rings. The van der Waals surface area contributed by atoms with Crippen LogP contribution in [-0.4, -0.2) is 57.9 Å². The Morgan fingerprint density at radius 3 is 2.58 bits per heavy atom. The smallest absolute Gasteiger partial charge is 0.485 e. The molecule has 2 heterocycles. The highest BCUT2D eigenvalue weighted by Crippen LogP contribution is 2.65. The van der Waals surface area contributed by atoms with Gasteiger partial charge >= 0.3 is 12.7 Å². The molecule has 0 saturated heterocycles. The van der Waals surface area contributed by atoms with Crippen molar-refractivity contribution in [2.24, 2.45) is 0 Å². The van der Waals surface area contributed by atoms with E-state index in [1.165, 1.54) is 19.2 Å². The first kappa shape index (κ1) is 26.4. The molecule has 1 aromatic carbocycles. The van der Waals surface area contributed by atoms with Crippen molar-refractivity contribution in [3.8, 4) is 17.2 Å². The predicted molar refractivity (Wildman–Crippen MR) is 114 cm³/mol. The van der Waals surface area contributed by atoms with Crippen LogP contribution in [0.25, 0.3) is 0 Å². The highest BCUT2D eigenvalue weighted by Gasteiger charge is 2.70. The maximum atomic E-state index is 12.9.